The van der Waals surface area contributed by atoms with Crippen molar-refractivity contribution >= 4 is 64.3 Å². The molecule has 63 heavy (non-hydrogen) atoms. The number of rotatable bonds is 14. The van der Waals surface area contributed by atoms with Gasteiger partial charge in [0.25, 0.3) is 23.6 Å². The first-order valence-corrected chi connectivity index (χ1v) is 18.1. The molecule has 0 aliphatic rings. The number of carboxylic acids is 1. The van der Waals surface area contributed by atoms with Crippen molar-refractivity contribution in [1.82, 2.24) is 5.32 Å². The third-order valence-corrected chi connectivity index (χ3v) is 8.93. The SMILES string of the molecule is COc1c(NC(=O)c2ccc(NC(=O)c3ccc(NC(=O)[C@H](C)NC(=O)c4ccc(NC(=O)/C(=C/c5ccc(F)cc5)C(F)(F)F)cc4)cc3)c(OC)c2O)ccc(C(=O)O)c1O. The molecule has 5 rings (SSSR count). The highest BCUT2D eigenvalue weighted by Crippen LogP contribution is 2.40. The molecule has 5 aromatic rings. The zero-order valence-electron chi connectivity index (χ0n) is 33.0. The Morgan fingerprint density at radius 3 is 1.60 bits per heavy atom. The van der Waals surface area contributed by atoms with Gasteiger partial charge in [0.15, 0.2) is 23.0 Å². The van der Waals surface area contributed by atoms with E-state index in [1.54, 1.807) is 0 Å². The van der Waals surface area contributed by atoms with E-state index in [0.29, 0.717) is 6.08 Å². The number of halogens is 4. The van der Waals surface area contributed by atoms with E-state index < -0.39 is 76.2 Å². The average molecular weight is 874 g/mol. The zero-order chi connectivity index (χ0) is 46.2. The fourth-order valence-electron chi connectivity index (χ4n) is 5.70. The van der Waals surface area contributed by atoms with Crippen LogP contribution in [-0.2, 0) is 9.59 Å². The number of nitrogens with one attached hydrogen (secondary N) is 5. The summed E-state index contributed by atoms with van der Waals surface area (Å²) in [4.78, 5) is 75.9. The summed E-state index contributed by atoms with van der Waals surface area (Å²) in [5, 5.41) is 42.5. The van der Waals surface area contributed by atoms with Crippen LogP contribution in [0, 0.1) is 5.82 Å². The number of phenols is 2. The molecule has 0 spiro atoms. The molecule has 0 aliphatic carbocycles. The van der Waals surface area contributed by atoms with Gasteiger partial charge in [-0.1, -0.05) is 12.1 Å². The maximum absolute atomic E-state index is 13.7. The van der Waals surface area contributed by atoms with Crippen LogP contribution in [0.1, 0.15) is 53.9 Å². The van der Waals surface area contributed by atoms with E-state index >= 15 is 0 Å². The number of phenolic OH excluding ortho intramolecular Hbond substituents is 1. The van der Waals surface area contributed by atoms with Gasteiger partial charge in [0.05, 0.1) is 31.2 Å². The van der Waals surface area contributed by atoms with E-state index in [1.807, 2.05) is 0 Å². The van der Waals surface area contributed by atoms with Crippen LogP contribution in [-0.4, -0.2) is 77.3 Å². The van der Waals surface area contributed by atoms with Crippen molar-refractivity contribution in [3.63, 3.8) is 0 Å². The number of carbonyl (C=O) groups is 6. The lowest BCUT2D eigenvalue weighted by molar-refractivity contribution is -0.126. The molecule has 0 aromatic heterocycles. The number of benzene rings is 5. The Bertz CT molecular complexity index is 2620. The molecule has 0 bridgehead atoms. The number of hydrogen-bond acceptors (Lipinski definition) is 10. The standard InChI is InChI=1S/C43H35F4N5O11/c1-21(48-38(56)23-6-14-27(15-7-23)50-41(59)30(43(45,46)47)20-22-4-10-25(44)11-5-22)37(55)49-26-12-8-24(9-13-26)39(57)51-31-18-16-28(33(53)35(31)62-2)40(58)52-32-19-17-29(42(60)61)34(54)36(32)63-3/h4-21,53-54H,1-3H3,(H,48,56)(H,49,55)(H,50,59)(H,51,57)(H,52,58)(H,60,61)/b30-20-/t21-/m0/s1. The van der Waals surface area contributed by atoms with Gasteiger partial charge in [-0.3, -0.25) is 24.0 Å². The molecule has 8 N–H and O–H groups in total. The van der Waals surface area contributed by atoms with Gasteiger partial charge in [0.2, 0.25) is 5.91 Å². The van der Waals surface area contributed by atoms with Gasteiger partial charge in [-0.05, 0) is 103 Å². The average Bonchev–Trinajstić information content (AvgIpc) is 3.23. The number of methoxy groups -OCH3 is 2. The molecular formula is C43H35F4N5O11. The minimum atomic E-state index is -5.04. The van der Waals surface area contributed by atoms with E-state index in [1.165, 1.54) is 80.8 Å². The maximum Gasteiger partial charge on any atom is 0.421 e. The third-order valence-electron chi connectivity index (χ3n) is 8.93. The topological polar surface area (TPSA) is 242 Å². The second-order valence-corrected chi connectivity index (χ2v) is 13.2. The number of amides is 5. The van der Waals surface area contributed by atoms with Crippen molar-refractivity contribution in [3.05, 3.63) is 136 Å². The first-order valence-electron chi connectivity index (χ1n) is 18.1. The summed E-state index contributed by atoms with van der Waals surface area (Å²) < 4.78 is 64.5. The predicted octanol–water partition coefficient (Wildman–Crippen LogP) is 6.80. The summed E-state index contributed by atoms with van der Waals surface area (Å²) in [6.07, 6.45) is -4.48. The van der Waals surface area contributed by atoms with Crippen LogP contribution in [0.25, 0.3) is 6.08 Å². The smallest absolute Gasteiger partial charge is 0.421 e. The molecule has 0 saturated heterocycles. The van der Waals surface area contributed by atoms with Crippen LogP contribution >= 0.6 is 0 Å². The van der Waals surface area contributed by atoms with E-state index in [-0.39, 0.29) is 56.5 Å². The van der Waals surface area contributed by atoms with Crippen molar-refractivity contribution in [1.29, 1.82) is 0 Å². The summed E-state index contributed by atoms with van der Waals surface area (Å²) in [5.74, 6) is -8.61. The number of alkyl halides is 3. The Hall–Kier alpha value is -8.42. The third kappa shape index (κ3) is 11.0. The van der Waals surface area contributed by atoms with Crippen LogP contribution in [0.4, 0.5) is 40.3 Å². The fraction of sp³-hybridized carbons (Fsp3) is 0.116. The highest BCUT2D eigenvalue weighted by molar-refractivity contribution is 6.11. The van der Waals surface area contributed by atoms with Crippen molar-refractivity contribution in [2.75, 3.05) is 35.5 Å². The quantitative estimate of drug-likeness (QED) is 0.0426. The molecule has 5 aromatic carbocycles. The molecule has 0 saturated carbocycles. The van der Waals surface area contributed by atoms with Crippen LogP contribution < -0.4 is 36.1 Å². The Morgan fingerprint density at radius 2 is 1.10 bits per heavy atom. The van der Waals surface area contributed by atoms with E-state index in [2.05, 4.69) is 26.6 Å². The number of carbonyl (C=O) groups excluding carboxylic acids is 5. The maximum atomic E-state index is 13.7. The second-order valence-electron chi connectivity index (χ2n) is 13.2. The van der Waals surface area contributed by atoms with E-state index in [9.17, 15) is 61.6 Å². The Labute approximate surface area is 354 Å². The van der Waals surface area contributed by atoms with Gasteiger partial charge in [-0.25, -0.2) is 9.18 Å². The molecule has 20 heteroatoms. The van der Waals surface area contributed by atoms with Crippen LogP contribution in [0.15, 0.2) is 103 Å². The Kier molecular flexibility index (Phi) is 14.0. The zero-order valence-corrected chi connectivity index (χ0v) is 33.0. The van der Waals surface area contributed by atoms with Gasteiger partial charge in [-0.15, -0.1) is 0 Å². The number of carboxylic acid groups (broad SMARTS) is 1. The van der Waals surface area contributed by atoms with Crippen LogP contribution in [0.2, 0.25) is 0 Å². The van der Waals surface area contributed by atoms with Crippen molar-refractivity contribution in [2.24, 2.45) is 0 Å². The number of aromatic hydroxyl groups is 2. The first kappa shape index (κ1) is 45.7. The summed E-state index contributed by atoms with van der Waals surface area (Å²) in [6, 6.07) is 17.9. The number of aromatic carboxylic acids is 1. The fourth-order valence-corrected chi connectivity index (χ4v) is 5.70. The summed E-state index contributed by atoms with van der Waals surface area (Å²) in [7, 11) is 2.32. The molecule has 0 fully saturated rings. The Morgan fingerprint density at radius 1 is 0.619 bits per heavy atom. The van der Waals surface area contributed by atoms with Crippen molar-refractivity contribution < 1.29 is 71.1 Å². The van der Waals surface area contributed by atoms with Gasteiger partial charge in [0, 0.05) is 22.5 Å². The van der Waals surface area contributed by atoms with Crippen LogP contribution in [0.5, 0.6) is 23.0 Å². The molecule has 0 unspecified atom stereocenters. The molecule has 0 radical (unpaired) electrons. The lowest BCUT2D eigenvalue weighted by Crippen LogP contribution is -2.41. The predicted molar refractivity (Wildman–Crippen MR) is 220 cm³/mol. The molecule has 0 aliphatic heterocycles. The van der Waals surface area contributed by atoms with Crippen molar-refractivity contribution in [2.45, 2.75) is 19.1 Å². The number of anilines is 4. The normalized spacial score (nSPS) is 11.7. The molecule has 0 heterocycles. The highest BCUT2D eigenvalue weighted by atomic mass is 19.4. The van der Waals surface area contributed by atoms with Gasteiger partial charge in [0.1, 0.15) is 23.0 Å². The Balaban J connectivity index is 1.16. The van der Waals surface area contributed by atoms with Crippen molar-refractivity contribution in [3.8, 4) is 23.0 Å². The molecule has 5 amide bonds. The number of ether oxygens (including phenoxy) is 2. The van der Waals surface area contributed by atoms with E-state index in [4.69, 9.17) is 9.47 Å². The minimum Gasteiger partial charge on any atom is -0.504 e. The molecule has 16 nitrogen and oxygen atoms in total. The largest absolute Gasteiger partial charge is 0.504 e. The lowest BCUT2D eigenvalue weighted by Gasteiger charge is -2.16. The molecular weight excluding hydrogens is 838 g/mol. The summed E-state index contributed by atoms with van der Waals surface area (Å²) >= 11 is 0. The minimum absolute atomic E-state index is 0.00962. The molecule has 326 valence electrons. The van der Waals surface area contributed by atoms with E-state index in [0.717, 1.165) is 37.4 Å². The second kappa shape index (κ2) is 19.3. The first-order chi connectivity index (χ1) is 29.8. The monoisotopic (exact) mass is 873 g/mol. The summed E-state index contributed by atoms with van der Waals surface area (Å²) in [6.45, 7) is 1.38. The van der Waals surface area contributed by atoms with Gasteiger partial charge in [-0.2, -0.15) is 13.2 Å². The number of hydrogen-bond donors (Lipinski definition) is 8. The van der Waals surface area contributed by atoms with Gasteiger partial charge >= 0.3 is 12.1 Å². The summed E-state index contributed by atoms with van der Waals surface area (Å²) in [5.41, 5.74) is -2.28. The highest BCUT2D eigenvalue weighted by Gasteiger charge is 2.38. The van der Waals surface area contributed by atoms with Crippen LogP contribution in [0.3, 0.4) is 0 Å². The molecule has 1 atom stereocenters. The lowest BCUT2D eigenvalue weighted by atomic mass is 10.1. The van der Waals surface area contributed by atoms with Gasteiger partial charge < -0.3 is 51.4 Å².